The highest BCUT2D eigenvalue weighted by Crippen LogP contribution is 2.32. The van der Waals surface area contributed by atoms with E-state index in [2.05, 4.69) is 20.7 Å². The number of primary amides is 1. The molecule has 4 rings (SSSR count). The molecule has 8 nitrogen and oxygen atoms in total. The van der Waals surface area contributed by atoms with Crippen LogP contribution in [0, 0.1) is 11.7 Å². The van der Waals surface area contributed by atoms with Crippen LogP contribution in [0.1, 0.15) is 67.9 Å². The number of rotatable bonds is 8. The Labute approximate surface area is 198 Å². The van der Waals surface area contributed by atoms with E-state index < -0.39 is 0 Å². The van der Waals surface area contributed by atoms with Crippen molar-refractivity contribution in [1.29, 1.82) is 0 Å². The summed E-state index contributed by atoms with van der Waals surface area (Å²) in [5.74, 6) is -0.921. The SMILES string of the molecule is CCC(NC(=O)c1cnc2c(cnn2CC)c1NC1CCC(C(N)=O)CC1)c1ccc(F)cc1. The van der Waals surface area contributed by atoms with Crippen LogP contribution >= 0.6 is 0 Å². The first-order chi connectivity index (χ1) is 16.4. The molecule has 1 aliphatic rings. The van der Waals surface area contributed by atoms with Gasteiger partial charge < -0.3 is 16.4 Å². The summed E-state index contributed by atoms with van der Waals surface area (Å²) in [5, 5.41) is 11.8. The van der Waals surface area contributed by atoms with Gasteiger partial charge in [0.05, 0.1) is 28.9 Å². The predicted molar refractivity (Wildman–Crippen MR) is 129 cm³/mol. The molecule has 1 fully saturated rings. The Morgan fingerprint density at radius 2 is 1.85 bits per heavy atom. The topological polar surface area (TPSA) is 115 Å². The molecule has 34 heavy (non-hydrogen) atoms. The first-order valence-electron chi connectivity index (χ1n) is 11.9. The van der Waals surface area contributed by atoms with Gasteiger partial charge >= 0.3 is 0 Å². The maximum absolute atomic E-state index is 13.4. The van der Waals surface area contributed by atoms with E-state index in [-0.39, 0.29) is 35.6 Å². The monoisotopic (exact) mass is 466 g/mol. The van der Waals surface area contributed by atoms with Crippen molar-refractivity contribution in [3.8, 4) is 0 Å². The van der Waals surface area contributed by atoms with Crippen molar-refractivity contribution in [2.75, 3.05) is 5.32 Å². The van der Waals surface area contributed by atoms with E-state index in [0.29, 0.717) is 29.9 Å². The van der Waals surface area contributed by atoms with E-state index in [1.807, 2.05) is 13.8 Å². The summed E-state index contributed by atoms with van der Waals surface area (Å²) in [6.45, 7) is 4.62. The summed E-state index contributed by atoms with van der Waals surface area (Å²) in [4.78, 5) is 29.5. The predicted octanol–water partition coefficient (Wildman–Crippen LogP) is 3.93. The van der Waals surface area contributed by atoms with Gasteiger partial charge in [0.25, 0.3) is 5.91 Å². The number of aromatic nitrogens is 3. The molecule has 0 saturated heterocycles. The number of pyridine rings is 1. The average Bonchev–Trinajstić information content (AvgIpc) is 3.27. The number of nitrogens with two attached hydrogens (primary N) is 1. The molecule has 0 spiro atoms. The van der Waals surface area contributed by atoms with Crippen LogP contribution in [0.25, 0.3) is 11.0 Å². The Kier molecular flexibility index (Phi) is 7.09. The van der Waals surface area contributed by atoms with Gasteiger partial charge in [-0.25, -0.2) is 14.1 Å². The Bertz CT molecular complexity index is 1170. The smallest absolute Gasteiger partial charge is 0.255 e. The van der Waals surface area contributed by atoms with Gasteiger partial charge in [0.2, 0.25) is 5.91 Å². The lowest BCUT2D eigenvalue weighted by atomic mass is 9.85. The summed E-state index contributed by atoms with van der Waals surface area (Å²) < 4.78 is 15.2. The first kappa shape index (κ1) is 23.7. The van der Waals surface area contributed by atoms with E-state index in [9.17, 15) is 14.0 Å². The van der Waals surface area contributed by atoms with Crippen molar-refractivity contribution in [3.05, 3.63) is 53.6 Å². The third-order valence-electron chi connectivity index (χ3n) is 6.67. The fraction of sp³-hybridized carbons (Fsp3) is 0.440. The van der Waals surface area contributed by atoms with Gasteiger partial charge in [-0.1, -0.05) is 19.1 Å². The fourth-order valence-electron chi connectivity index (χ4n) is 4.66. The van der Waals surface area contributed by atoms with E-state index in [1.165, 1.54) is 12.1 Å². The fourth-order valence-corrected chi connectivity index (χ4v) is 4.66. The van der Waals surface area contributed by atoms with Crippen LogP contribution in [-0.2, 0) is 11.3 Å². The van der Waals surface area contributed by atoms with Gasteiger partial charge in [0.15, 0.2) is 5.65 Å². The summed E-state index contributed by atoms with van der Waals surface area (Å²) in [6.07, 6.45) is 6.98. The summed E-state index contributed by atoms with van der Waals surface area (Å²) >= 11 is 0. The van der Waals surface area contributed by atoms with Crippen molar-refractivity contribution in [1.82, 2.24) is 20.1 Å². The van der Waals surface area contributed by atoms with Crippen LogP contribution in [0.3, 0.4) is 0 Å². The zero-order chi connectivity index (χ0) is 24.2. The molecule has 3 aromatic rings. The molecule has 1 aliphatic carbocycles. The second-order valence-electron chi connectivity index (χ2n) is 8.83. The number of carbonyl (C=O) groups excluding carboxylic acids is 2. The summed E-state index contributed by atoms with van der Waals surface area (Å²) in [5.41, 5.74) is 8.15. The standard InChI is InChI=1S/C25H31FN6O2/c1-3-21(15-5-9-17(26)10-6-15)31-25(34)20-13-28-24-19(14-29-32(24)4-2)22(20)30-18-11-7-16(8-12-18)23(27)33/h5-6,9-10,13-14,16,18,21H,3-4,7-8,11-12H2,1-2H3,(H2,27,33)(H,28,30)(H,31,34). The molecule has 1 saturated carbocycles. The molecular formula is C25H31FN6O2. The maximum Gasteiger partial charge on any atom is 0.255 e. The van der Waals surface area contributed by atoms with Crippen LogP contribution < -0.4 is 16.4 Å². The van der Waals surface area contributed by atoms with Crippen molar-refractivity contribution in [2.45, 2.75) is 64.6 Å². The van der Waals surface area contributed by atoms with Gasteiger partial charge in [-0.05, 0) is 56.7 Å². The quantitative estimate of drug-likeness (QED) is 0.465. The van der Waals surface area contributed by atoms with Crippen LogP contribution in [0.2, 0.25) is 0 Å². The third kappa shape index (κ3) is 4.88. The summed E-state index contributed by atoms with van der Waals surface area (Å²) in [7, 11) is 0. The Morgan fingerprint density at radius 3 is 2.47 bits per heavy atom. The minimum Gasteiger partial charge on any atom is -0.381 e. The van der Waals surface area contributed by atoms with Crippen molar-refractivity contribution in [3.63, 3.8) is 0 Å². The van der Waals surface area contributed by atoms with E-state index in [1.54, 1.807) is 29.2 Å². The second-order valence-corrected chi connectivity index (χ2v) is 8.83. The van der Waals surface area contributed by atoms with Crippen LogP contribution in [0.5, 0.6) is 0 Å². The van der Waals surface area contributed by atoms with Crippen molar-refractivity contribution in [2.24, 2.45) is 11.7 Å². The molecule has 1 atom stereocenters. The van der Waals surface area contributed by atoms with Crippen molar-refractivity contribution < 1.29 is 14.0 Å². The lowest BCUT2D eigenvalue weighted by Gasteiger charge is -2.29. The van der Waals surface area contributed by atoms with Gasteiger partial charge in [0.1, 0.15) is 5.82 Å². The molecule has 2 heterocycles. The van der Waals surface area contributed by atoms with Crippen LogP contribution in [0.15, 0.2) is 36.7 Å². The van der Waals surface area contributed by atoms with E-state index >= 15 is 0 Å². The van der Waals surface area contributed by atoms with Crippen LogP contribution in [0.4, 0.5) is 10.1 Å². The highest BCUT2D eigenvalue weighted by atomic mass is 19.1. The normalized spacial score (nSPS) is 19.0. The minimum absolute atomic E-state index is 0.0952. The zero-order valence-corrected chi connectivity index (χ0v) is 19.6. The number of hydrogen-bond donors (Lipinski definition) is 3. The first-order valence-corrected chi connectivity index (χ1v) is 11.9. The van der Waals surface area contributed by atoms with Gasteiger partial charge in [-0.15, -0.1) is 0 Å². The largest absolute Gasteiger partial charge is 0.381 e. The number of halogens is 1. The molecule has 2 amide bonds. The molecule has 180 valence electrons. The number of nitrogens with zero attached hydrogens (tertiary/aromatic N) is 3. The van der Waals surface area contributed by atoms with Crippen molar-refractivity contribution >= 4 is 28.5 Å². The molecule has 1 unspecified atom stereocenters. The Balaban J connectivity index is 1.63. The molecule has 9 heteroatoms. The minimum atomic E-state index is -0.315. The van der Waals surface area contributed by atoms with E-state index in [4.69, 9.17) is 5.73 Å². The third-order valence-corrected chi connectivity index (χ3v) is 6.67. The van der Waals surface area contributed by atoms with Gasteiger partial charge in [0, 0.05) is 24.7 Å². The Hall–Kier alpha value is -3.49. The van der Waals surface area contributed by atoms with Crippen LogP contribution in [-0.4, -0.2) is 32.6 Å². The average molecular weight is 467 g/mol. The highest BCUT2D eigenvalue weighted by Gasteiger charge is 2.27. The van der Waals surface area contributed by atoms with Gasteiger partial charge in [-0.2, -0.15) is 5.10 Å². The molecule has 0 aliphatic heterocycles. The lowest BCUT2D eigenvalue weighted by Crippen LogP contribution is -2.34. The number of carbonyl (C=O) groups is 2. The molecule has 1 aromatic carbocycles. The molecule has 4 N–H and O–H groups in total. The number of benzene rings is 1. The molecule has 0 bridgehead atoms. The molecule has 2 aromatic heterocycles. The number of nitrogens with one attached hydrogen (secondary N) is 2. The number of fused-ring (bicyclic) bond motifs is 1. The lowest BCUT2D eigenvalue weighted by molar-refractivity contribution is -0.122. The Morgan fingerprint density at radius 1 is 1.15 bits per heavy atom. The maximum atomic E-state index is 13.4. The molecule has 0 radical (unpaired) electrons. The highest BCUT2D eigenvalue weighted by molar-refractivity contribution is 6.06. The van der Waals surface area contributed by atoms with Gasteiger partial charge in [-0.3, -0.25) is 9.59 Å². The summed E-state index contributed by atoms with van der Waals surface area (Å²) in [6, 6.07) is 6.01. The zero-order valence-electron chi connectivity index (χ0n) is 19.6. The second kappa shape index (κ2) is 10.2. The number of amides is 2. The number of hydrogen-bond acceptors (Lipinski definition) is 5. The van der Waals surface area contributed by atoms with E-state index in [0.717, 1.165) is 36.6 Å². The number of anilines is 1. The molecular weight excluding hydrogens is 435 g/mol. The number of aryl methyl sites for hydroxylation is 1.